The van der Waals surface area contributed by atoms with Crippen molar-refractivity contribution in [1.29, 1.82) is 0 Å². The molecule has 3 saturated heterocycles. The molecule has 2 atom stereocenters. The van der Waals surface area contributed by atoms with Crippen molar-refractivity contribution in [2.75, 3.05) is 39.3 Å². The number of amides is 4. The summed E-state index contributed by atoms with van der Waals surface area (Å²) in [5.74, 6) is -1.78. The SMILES string of the molecule is O=C(O)[C@@H]1[C@@H](CC2CCNCC2)C(=O)N1C(=O)N1CCN(C(=O)C2(c3ccc(Cl)cc3)CCCCC2)CC1. The van der Waals surface area contributed by atoms with E-state index in [0.29, 0.717) is 30.5 Å². The maximum atomic E-state index is 13.9. The van der Waals surface area contributed by atoms with Crippen LogP contribution in [0.25, 0.3) is 0 Å². The van der Waals surface area contributed by atoms with Crippen molar-refractivity contribution in [3.63, 3.8) is 0 Å². The van der Waals surface area contributed by atoms with E-state index in [0.717, 1.165) is 68.5 Å². The second-order valence-electron chi connectivity index (χ2n) is 11.2. The standard InChI is InChI=1S/C28H37ClN4O5/c29-21-6-4-20(5-7-21)28(10-2-1-3-11-28)26(37)31-14-16-32(17-15-31)27(38)33-23(25(35)36)22(24(33)34)18-19-8-12-30-13-9-19/h4-7,19,22-23,30H,1-3,8-18H2,(H,35,36)/t22-,23+/m1/s1. The van der Waals surface area contributed by atoms with Gasteiger partial charge in [-0.2, -0.15) is 0 Å². The lowest BCUT2D eigenvalue weighted by molar-refractivity contribution is -0.167. The van der Waals surface area contributed by atoms with Crippen molar-refractivity contribution >= 4 is 35.4 Å². The molecule has 206 valence electrons. The molecule has 4 aliphatic rings. The summed E-state index contributed by atoms with van der Waals surface area (Å²) >= 11 is 6.11. The third-order valence-corrected chi connectivity index (χ3v) is 9.32. The number of carbonyl (C=O) groups excluding carboxylic acids is 3. The van der Waals surface area contributed by atoms with E-state index in [4.69, 9.17) is 11.6 Å². The van der Waals surface area contributed by atoms with Crippen LogP contribution in [0.1, 0.15) is 56.9 Å². The first-order valence-electron chi connectivity index (χ1n) is 13.9. The average Bonchev–Trinajstić information content (AvgIpc) is 2.95. The van der Waals surface area contributed by atoms with Gasteiger partial charge in [0.15, 0.2) is 6.04 Å². The van der Waals surface area contributed by atoms with Crippen molar-refractivity contribution < 1.29 is 24.3 Å². The lowest BCUT2D eigenvalue weighted by atomic mass is 9.68. The van der Waals surface area contributed by atoms with Crippen LogP contribution in [-0.4, -0.2) is 88.9 Å². The number of piperidine rings is 1. The normalized spacial score (nSPS) is 26.1. The third-order valence-electron chi connectivity index (χ3n) is 9.07. The Morgan fingerprint density at radius 2 is 1.55 bits per heavy atom. The Morgan fingerprint density at radius 3 is 2.16 bits per heavy atom. The maximum Gasteiger partial charge on any atom is 0.327 e. The molecule has 5 rings (SSSR count). The van der Waals surface area contributed by atoms with Crippen LogP contribution >= 0.6 is 11.6 Å². The van der Waals surface area contributed by atoms with Crippen LogP contribution in [0.3, 0.4) is 0 Å². The predicted molar refractivity (Wildman–Crippen MR) is 142 cm³/mol. The molecule has 38 heavy (non-hydrogen) atoms. The molecule has 0 aromatic heterocycles. The zero-order chi connectivity index (χ0) is 26.9. The molecule has 9 nitrogen and oxygen atoms in total. The van der Waals surface area contributed by atoms with Crippen molar-refractivity contribution in [2.45, 2.75) is 62.8 Å². The Kier molecular flexibility index (Phi) is 7.95. The zero-order valence-electron chi connectivity index (χ0n) is 21.7. The molecule has 1 aromatic carbocycles. The van der Waals surface area contributed by atoms with Gasteiger partial charge in [-0.15, -0.1) is 0 Å². The van der Waals surface area contributed by atoms with Crippen molar-refractivity contribution in [2.24, 2.45) is 11.8 Å². The molecule has 1 saturated carbocycles. The summed E-state index contributed by atoms with van der Waals surface area (Å²) in [7, 11) is 0. The number of hydrogen-bond acceptors (Lipinski definition) is 5. The summed E-state index contributed by atoms with van der Waals surface area (Å²) in [5.41, 5.74) is 0.402. The zero-order valence-corrected chi connectivity index (χ0v) is 22.5. The molecular formula is C28H37ClN4O5. The smallest absolute Gasteiger partial charge is 0.327 e. The highest BCUT2D eigenvalue weighted by atomic mass is 35.5. The van der Waals surface area contributed by atoms with E-state index < -0.39 is 29.4 Å². The van der Waals surface area contributed by atoms with Gasteiger partial charge < -0.3 is 20.2 Å². The highest BCUT2D eigenvalue weighted by molar-refractivity contribution is 6.30. The number of imide groups is 1. The number of β-lactam (4-membered cyclic amide) rings is 1. The highest BCUT2D eigenvalue weighted by Crippen LogP contribution is 2.42. The molecular weight excluding hydrogens is 508 g/mol. The van der Waals surface area contributed by atoms with E-state index in [2.05, 4.69) is 5.32 Å². The largest absolute Gasteiger partial charge is 0.480 e. The van der Waals surface area contributed by atoms with Crippen molar-refractivity contribution in [3.8, 4) is 0 Å². The minimum atomic E-state index is -1.13. The van der Waals surface area contributed by atoms with Gasteiger partial charge in [0.05, 0.1) is 11.3 Å². The molecule has 4 fully saturated rings. The fourth-order valence-corrected chi connectivity index (χ4v) is 6.98. The van der Waals surface area contributed by atoms with Crippen LogP contribution in [0.4, 0.5) is 4.79 Å². The lowest BCUT2D eigenvalue weighted by Gasteiger charge is -2.48. The van der Waals surface area contributed by atoms with Crippen LogP contribution in [0.5, 0.6) is 0 Å². The monoisotopic (exact) mass is 544 g/mol. The quantitative estimate of drug-likeness (QED) is 0.551. The fraction of sp³-hybridized carbons (Fsp3) is 0.643. The fourth-order valence-electron chi connectivity index (χ4n) is 6.86. The molecule has 1 aliphatic carbocycles. The number of nitrogens with one attached hydrogen (secondary N) is 1. The van der Waals surface area contributed by atoms with Crippen molar-refractivity contribution in [3.05, 3.63) is 34.9 Å². The summed E-state index contributed by atoms with van der Waals surface area (Å²) in [5, 5.41) is 13.8. The van der Waals surface area contributed by atoms with Crippen LogP contribution < -0.4 is 5.32 Å². The van der Waals surface area contributed by atoms with E-state index in [9.17, 15) is 24.3 Å². The molecule has 0 radical (unpaired) electrons. The number of urea groups is 1. The summed E-state index contributed by atoms with van der Waals surface area (Å²) in [4.78, 5) is 56.5. The van der Waals surface area contributed by atoms with Crippen LogP contribution in [0.2, 0.25) is 5.02 Å². The number of rotatable bonds is 5. The molecule has 1 aromatic rings. The summed E-state index contributed by atoms with van der Waals surface area (Å²) in [6.07, 6.45) is 6.99. The minimum absolute atomic E-state index is 0.0806. The molecule has 3 heterocycles. The summed E-state index contributed by atoms with van der Waals surface area (Å²) in [6, 6.07) is 5.90. The predicted octanol–water partition coefficient (Wildman–Crippen LogP) is 3.11. The summed E-state index contributed by atoms with van der Waals surface area (Å²) < 4.78 is 0. The number of carbonyl (C=O) groups is 4. The number of benzene rings is 1. The number of carboxylic acids is 1. The Morgan fingerprint density at radius 1 is 0.947 bits per heavy atom. The van der Waals surface area contributed by atoms with Crippen LogP contribution in [0, 0.1) is 11.8 Å². The first kappa shape index (κ1) is 26.9. The molecule has 0 spiro atoms. The summed E-state index contributed by atoms with van der Waals surface area (Å²) in [6.45, 7) is 3.01. The van der Waals surface area contributed by atoms with Crippen LogP contribution in [-0.2, 0) is 19.8 Å². The Hall–Kier alpha value is -2.65. The highest BCUT2D eigenvalue weighted by Gasteiger charge is 2.56. The van der Waals surface area contributed by atoms with Gasteiger partial charge in [-0.25, -0.2) is 14.5 Å². The Labute approximate surface area is 228 Å². The van der Waals surface area contributed by atoms with Gasteiger partial charge in [-0.1, -0.05) is 43.0 Å². The number of nitrogens with zero attached hydrogens (tertiary/aromatic N) is 3. The van der Waals surface area contributed by atoms with Gasteiger partial charge >= 0.3 is 12.0 Å². The number of hydrogen-bond donors (Lipinski definition) is 2. The first-order valence-corrected chi connectivity index (χ1v) is 14.3. The van der Waals surface area contributed by atoms with E-state index >= 15 is 0 Å². The molecule has 2 N–H and O–H groups in total. The number of halogens is 1. The number of carboxylic acid groups (broad SMARTS) is 1. The van der Waals surface area contributed by atoms with Gasteiger partial charge in [0.1, 0.15) is 0 Å². The molecule has 10 heteroatoms. The van der Waals surface area contributed by atoms with E-state index in [-0.39, 0.29) is 24.9 Å². The second-order valence-corrected chi connectivity index (χ2v) is 11.7. The number of likely N-dealkylation sites (tertiary alicyclic amines) is 1. The maximum absolute atomic E-state index is 13.9. The van der Waals surface area contributed by atoms with Crippen LogP contribution in [0.15, 0.2) is 24.3 Å². The molecule has 4 amide bonds. The van der Waals surface area contributed by atoms with E-state index in [1.54, 1.807) is 0 Å². The average molecular weight is 545 g/mol. The Balaban J connectivity index is 1.23. The first-order chi connectivity index (χ1) is 18.3. The van der Waals surface area contributed by atoms with Gasteiger partial charge in [0.2, 0.25) is 11.8 Å². The topological polar surface area (TPSA) is 110 Å². The van der Waals surface area contributed by atoms with Gasteiger partial charge in [0.25, 0.3) is 0 Å². The second kappa shape index (κ2) is 11.2. The number of aliphatic carboxylic acids is 1. The molecule has 0 bridgehead atoms. The Bertz CT molecular complexity index is 1060. The molecule has 0 unspecified atom stereocenters. The lowest BCUT2D eigenvalue weighted by Crippen LogP contribution is -2.70. The van der Waals surface area contributed by atoms with Gasteiger partial charge in [0, 0.05) is 31.2 Å². The van der Waals surface area contributed by atoms with E-state index in [1.165, 1.54) is 4.90 Å². The van der Waals surface area contributed by atoms with Crippen molar-refractivity contribution in [1.82, 2.24) is 20.0 Å². The van der Waals surface area contributed by atoms with Gasteiger partial charge in [-0.3, -0.25) is 9.59 Å². The van der Waals surface area contributed by atoms with E-state index in [1.807, 2.05) is 29.2 Å². The number of piperazine rings is 1. The minimum Gasteiger partial charge on any atom is -0.480 e. The molecule has 3 aliphatic heterocycles. The third kappa shape index (κ3) is 5.02. The van der Waals surface area contributed by atoms with Gasteiger partial charge in [-0.05, 0) is 68.8 Å².